The molecule has 0 saturated heterocycles. The first-order valence-corrected chi connectivity index (χ1v) is 8.39. The molecule has 0 heterocycles. The molecule has 0 radical (unpaired) electrons. The first kappa shape index (κ1) is 15.5. The maximum Gasteiger partial charge on any atom is 0.251 e. The van der Waals surface area contributed by atoms with Crippen molar-refractivity contribution in [2.45, 2.75) is 56.8 Å². The summed E-state index contributed by atoms with van der Waals surface area (Å²) in [5.41, 5.74) is 0.596. The molecule has 1 aromatic carbocycles. The number of aliphatic hydroxyl groups excluding tert-OH is 2. The van der Waals surface area contributed by atoms with Gasteiger partial charge < -0.3 is 15.5 Å². The van der Waals surface area contributed by atoms with E-state index in [0.717, 1.165) is 12.8 Å². The SMILES string of the molecule is O=C(N[C@H]1[C@H](O)[C@H](O)C[C@@H]1C1CCCCC1)c1ccccc1. The highest BCUT2D eigenvalue weighted by Gasteiger charge is 2.45. The van der Waals surface area contributed by atoms with Gasteiger partial charge in [-0.2, -0.15) is 0 Å². The Morgan fingerprint density at radius 1 is 1.05 bits per heavy atom. The smallest absolute Gasteiger partial charge is 0.251 e. The number of aliphatic hydroxyl groups is 2. The van der Waals surface area contributed by atoms with E-state index in [4.69, 9.17) is 0 Å². The van der Waals surface area contributed by atoms with Crippen molar-refractivity contribution in [3.05, 3.63) is 35.9 Å². The second-order valence-electron chi connectivity index (χ2n) is 6.72. The van der Waals surface area contributed by atoms with E-state index in [0.29, 0.717) is 17.9 Å². The monoisotopic (exact) mass is 303 g/mol. The van der Waals surface area contributed by atoms with Crippen LogP contribution in [-0.2, 0) is 0 Å². The van der Waals surface area contributed by atoms with Crippen LogP contribution in [0.4, 0.5) is 0 Å². The van der Waals surface area contributed by atoms with Gasteiger partial charge in [0.2, 0.25) is 0 Å². The molecule has 1 amide bonds. The number of benzene rings is 1. The van der Waals surface area contributed by atoms with E-state index in [9.17, 15) is 15.0 Å². The van der Waals surface area contributed by atoms with Crippen molar-refractivity contribution in [2.75, 3.05) is 0 Å². The van der Waals surface area contributed by atoms with Gasteiger partial charge in [0.15, 0.2) is 0 Å². The molecule has 0 spiro atoms. The average molecular weight is 303 g/mol. The minimum Gasteiger partial charge on any atom is -0.390 e. The Hall–Kier alpha value is -1.39. The average Bonchev–Trinajstić information content (AvgIpc) is 2.85. The fraction of sp³-hybridized carbons (Fsp3) is 0.611. The van der Waals surface area contributed by atoms with E-state index in [-0.39, 0.29) is 17.9 Å². The molecule has 3 N–H and O–H groups in total. The van der Waals surface area contributed by atoms with Crippen LogP contribution in [0.2, 0.25) is 0 Å². The van der Waals surface area contributed by atoms with E-state index in [1.807, 2.05) is 18.2 Å². The van der Waals surface area contributed by atoms with Gasteiger partial charge in [-0.3, -0.25) is 4.79 Å². The lowest BCUT2D eigenvalue weighted by Gasteiger charge is -2.32. The van der Waals surface area contributed by atoms with E-state index in [2.05, 4.69) is 5.32 Å². The van der Waals surface area contributed by atoms with Gasteiger partial charge in [-0.05, 0) is 30.4 Å². The minimum absolute atomic E-state index is 0.167. The van der Waals surface area contributed by atoms with Crippen LogP contribution in [-0.4, -0.2) is 34.4 Å². The Kier molecular flexibility index (Phi) is 4.79. The summed E-state index contributed by atoms with van der Waals surface area (Å²) >= 11 is 0. The topological polar surface area (TPSA) is 69.6 Å². The lowest BCUT2D eigenvalue weighted by molar-refractivity contribution is 0.0284. The first-order valence-electron chi connectivity index (χ1n) is 8.39. The maximum absolute atomic E-state index is 12.4. The summed E-state index contributed by atoms with van der Waals surface area (Å²) < 4.78 is 0. The van der Waals surface area contributed by atoms with Crippen LogP contribution < -0.4 is 5.32 Å². The molecule has 22 heavy (non-hydrogen) atoms. The quantitative estimate of drug-likeness (QED) is 0.801. The number of carbonyl (C=O) groups is 1. The number of nitrogens with one attached hydrogen (secondary N) is 1. The molecule has 1 aromatic rings. The lowest BCUT2D eigenvalue weighted by atomic mass is 9.77. The Morgan fingerprint density at radius 2 is 1.73 bits per heavy atom. The predicted octanol–water partition coefficient (Wildman–Crippen LogP) is 2.11. The molecule has 120 valence electrons. The van der Waals surface area contributed by atoms with E-state index < -0.39 is 12.2 Å². The molecule has 2 fully saturated rings. The molecule has 0 aliphatic heterocycles. The Labute approximate surface area is 131 Å². The van der Waals surface area contributed by atoms with Crippen molar-refractivity contribution >= 4 is 5.91 Å². The van der Waals surface area contributed by atoms with Crippen molar-refractivity contribution in [2.24, 2.45) is 11.8 Å². The van der Waals surface area contributed by atoms with Gasteiger partial charge in [-0.25, -0.2) is 0 Å². The van der Waals surface area contributed by atoms with Gasteiger partial charge in [-0.15, -0.1) is 0 Å². The van der Waals surface area contributed by atoms with Crippen LogP contribution in [0.25, 0.3) is 0 Å². The van der Waals surface area contributed by atoms with Crippen LogP contribution in [0.1, 0.15) is 48.9 Å². The van der Waals surface area contributed by atoms with E-state index >= 15 is 0 Å². The van der Waals surface area contributed by atoms with E-state index in [1.165, 1.54) is 19.3 Å². The van der Waals surface area contributed by atoms with Gasteiger partial charge in [-0.1, -0.05) is 50.3 Å². The Balaban J connectivity index is 1.72. The summed E-state index contributed by atoms with van der Waals surface area (Å²) in [6.45, 7) is 0. The molecule has 2 aliphatic rings. The van der Waals surface area contributed by atoms with Crippen LogP contribution in [0.15, 0.2) is 30.3 Å². The van der Waals surface area contributed by atoms with Crippen LogP contribution in [0.3, 0.4) is 0 Å². The highest BCUT2D eigenvalue weighted by atomic mass is 16.3. The summed E-state index contributed by atoms with van der Waals surface area (Å²) in [5, 5.41) is 23.3. The maximum atomic E-state index is 12.4. The summed E-state index contributed by atoms with van der Waals surface area (Å²) in [6.07, 6.45) is 4.98. The molecule has 4 atom stereocenters. The highest BCUT2D eigenvalue weighted by molar-refractivity contribution is 5.94. The number of carbonyl (C=O) groups excluding carboxylic acids is 1. The van der Waals surface area contributed by atoms with Gasteiger partial charge >= 0.3 is 0 Å². The molecule has 0 unspecified atom stereocenters. The molecule has 2 aliphatic carbocycles. The second kappa shape index (κ2) is 6.80. The number of hydrogen-bond acceptors (Lipinski definition) is 3. The van der Waals surface area contributed by atoms with E-state index in [1.54, 1.807) is 12.1 Å². The summed E-state index contributed by atoms with van der Waals surface area (Å²) in [4.78, 5) is 12.4. The second-order valence-corrected chi connectivity index (χ2v) is 6.72. The molecular weight excluding hydrogens is 278 g/mol. The summed E-state index contributed by atoms with van der Waals surface area (Å²) in [7, 11) is 0. The van der Waals surface area contributed by atoms with Crippen molar-refractivity contribution in [3.63, 3.8) is 0 Å². The number of hydrogen-bond donors (Lipinski definition) is 3. The van der Waals surface area contributed by atoms with Crippen LogP contribution in [0.5, 0.6) is 0 Å². The van der Waals surface area contributed by atoms with Crippen LogP contribution >= 0.6 is 0 Å². The molecule has 3 rings (SSSR count). The molecule has 2 saturated carbocycles. The molecule has 4 heteroatoms. The fourth-order valence-electron chi connectivity index (χ4n) is 4.12. The third-order valence-corrected chi connectivity index (χ3v) is 5.33. The fourth-order valence-corrected chi connectivity index (χ4v) is 4.12. The third kappa shape index (κ3) is 3.18. The number of amides is 1. The standard InChI is InChI=1S/C18H25NO3/c20-15-11-14(12-7-3-1-4-8-12)16(17(15)21)19-18(22)13-9-5-2-6-10-13/h2,5-6,9-10,12,14-17,20-21H,1,3-4,7-8,11H2,(H,19,22)/t14-,15-,16-,17-/m1/s1. The Morgan fingerprint density at radius 3 is 2.41 bits per heavy atom. The zero-order valence-corrected chi connectivity index (χ0v) is 12.8. The molecule has 4 nitrogen and oxygen atoms in total. The molecule has 0 bridgehead atoms. The normalized spacial score (nSPS) is 32.8. The summed E-state index contributed by atoms with van der Waals surface area (Å²) in [6, 6.07) is 8.72. The molecular formula is C18H25NO3. The van der Waals surface area contributed by atoms with Crippen molar-refractivity contribution in [3.8, 4) is 0 Å². The highest BCUT2D eigenvalue weighted by Crippen LogP contribution is 2.40. The summed E-state index contributed by atoms with van der Waals surface area (Å²) in [5.74, 6) is 0.513. The zero-order valence-electron chi connectivity index (χ0n) is 12.8. The van der Waals surface area contributed by atoms with Crippen molar-refractivity contribution in [1.29, 1.82) is 0 Å². The first-order chi connectivity index (χ1) is 10.7. The largest absolute Gasteiger partial charge is 0.390 e. The van der Waals surface area contributed by atoms with Gasteiger partial charge in [0, 0.05) is 5.56 Å². The van der Waals surface area contributed by atoms with Gasteiger partial charge in [0.25, 0.3) is 5.91 Å². The van der Waals surface area contributed by atoms with Crippen LogP contribution in [0, 0.1) is 11.8 Å². The lowest BCUT2D eigenvalue weighted by Crippen LogP contribution is -2.47. The minimum atomic E-state index is -0.861. The zero-order chi connectivity index (χ0) is 15.5. The van der Waals surface area contributed by atoms with Crippen molar-refractivity contribution < 1.29 is 15.0 Å². The molecule has 0 aromatic heterocycles. The number of rotatable bonds is 3. The van der Waals surface area contributed by atoms with Crippen molar-refractivity contribution in [1.82, 2.24) is 5.32 Å². The van der Waals surface area contributed by atoms with Gasteiger partial charge in [0.05, 0.1) is 12.1 Å². The van der Waals surface area contributed by atoms with Gasteiger partial charge in [0.1, 0.15) is 6.10 Å². The predicted molar refractivity (Wildman–Crippen MR) is 84.4 cm³/mol. The third-order valence-electron chi connectivity index (χ3n) is 5.33. The Bertz CT molecular complexity index is 498.